The molecule has 0 heterocycles. The third-order valence-corrected chi connectivity index (χ3v) is 5.27. The molecule has 0 amide bonds. The summed E-state index contributed by atoms with van der Waals surface area (Å²) in [6.07, 6.45) is -3.82. The van der Waals surface area contributed by atoms with Crippen LogP contribution in [-0.2, 0) is 6.11 Å². The molecule has 166 valence electrons. The Morgan fingerprint density at radius 3 is 1.78 bits per heavy atom. The van der Waals surface area contributed by atoms with Gasteiger partial charge in [0, 0.05) is 12.1 Å². The molecule has 0 unspecified atom stereocenters. The first-order valence-electron chi connectivity index (χ1n) is 9.78. The minimum Gasteiger partial charge on any atom is -0.429 e. The van der Waals surface area contributed by atoms with Crippen molar-refractivity contribution in [2.75, 3.05) is 0 Å². The molecule has 0 saturated carbocycles. The molecule has 2 nitrogen and oxygen atoms in total. The molecule has 0 aromatic heterocycles. The smallest absolute Gasteiger partial charge is 0.427 e. The SMILES string of the molecule is Cc1cc(C)c(-c2cc(C)c(C(F)(F)Oc3cc(F)c(N=C=S)c(F)c3)c(C)c2)c(C)c1. The van der Waals surface area contributed by atoms with Crippen LogP contribution < -0.4 is 4.74 Å². The predicted octanol–water partition coefficient (Wildman–Crippen LogP) is 8.04. The van der Waals surface area contributed by atoms with Crippen LogP contribution in [-0.4, -0.2) is 5.16 Å². The van der Waals surface area contributed by atoms with Crippen molar-refractivity contribution in [3.8, 4) is 16.9 Å². The Bertz CT molecular complexity index is 1190. The molecule has 0 spiro atoms. The highest BCUT2D eigenvalue weighted by molar-refractivity contribution is 7.78. The Balaban J connectivity index is 2.04. The van der Waals surface area contributed by atoms with Crippen LogP contribution in [0.1, 0.15) is 33.4 Å². The number of alkyl halides is 2. The van der Waals surface area contributed by atoms with Crippen molar-refractivity contribution in [2.45, 2.75) is 40.7 Å². The van der Waals surface area contributed by atoms with Crippen molar-refractivity contribution in [3.05, 3.63) is 81.4 Å². The maximum atomic E-state index is 15.1. The molecule has 0 atom stereocenters. The molecular weight excluding hydrogens is 438 g/mol. The standard InChI is InChI=1S/C25H21F4NOS/c1-13-6-14(2)22(15(3)7-13)18-8-16(4)23(17(5)9-18)25(28,29)31-19-10-20(26)24(30-12-32)21(27)11-19/h6-11H,1-5H3. The molecular formula is C25H21F4NOS. The van der Waals surface area contributed by atoms with E-state index in [1.165, 1.54) is 0 Å². The van der Waals surface area contributed by atoms with Gasteiger partial charge >= 0.3 is 6.11 Å². The number of hydrogen-bond acceptors (Lipinski definition) is 3. The summed E-state index contributed by atoms with van der Waals surface area (Å²) in [4.78, 5) is 3.26. The van der Waals surface area contributed by atoms with Crippen molar-refractivity contribution in [3.63, 3.8) is 0 Å². The van der Waals surface area contributed by atoms with Gasteiger partial charge in [-0.3, -0.25) is 0 Å². The summed E-state index contributed by atoms with van der Waals surface area (Å²) in [5, 5.41) is 1.84. The Hall–Kier alpha value is -3.02. The maximum absolute atomic E-state index is 15.1. The topological polar surface area (TPSA) is 21.6 Å². The number of halogens is 4. The average molecular weight is 460 g/mol. The van der Waals surface area contributed by atoms with Crippen LogP contribution in [0.25, 0.3) is 11.1 Å². The minimum atomic E-state index is -3.82. The summed E-state index contributed by atoms with van der Waals surface area (Å²) < 4.78 is 63.0. The van der Waals surface area contributed by atoms with Gasteiger partial charge in [-0.25, -0.2) is 8.78 Å². The van der Waals surface area contributed by atoms with E-state index in [1.807, 2.05) is 38.1 Å². The van der Waals surface area contributed by atoms with Gasteiger partial charge < -0.3 is 4.74 Å². The minimum absolute atomic E-state index is 0.298. The fraction of sp³-hybridized carbons (Fsp3) is 0.240. The van der Waals surface area contributed by atoms with Crippen LogP contribution in [0.3, 0.4) is 0 Å². The van der Waals surface area contributed by atoms with Crippen molar-refractivity contribution in [1.29, 1.82) is 0 Å². The molecule has 0 aliphatic rings. The lowest BCUT2D eigenvalue weighted by atomic mass is 9.89. The monoisotopic (exact) mass is 459 g/mol. The molecule has 0 aliphatic carbocycles. The summed E-state index contributed by atoms with van der Waals surface area (Å²) in [5.41, 5.74) is 4.53. The Kier molecular flexibility index (Phi) is 6.54. The lowest BCUT2D eigenvalue weighted by Crippen LogP contribution is -2.24. The quantitative estimate of drug-likeness (QED) is 0.219. The number of thiocarbonyl (C=S) groups is 1. The third kappa shape index (κ3) is 4.59. The predicted molar refractivity (Wildman–Crippen MR) is 121 cm³/mol. The van der Waals surface area contributed by atoms with Gasteiger partial charge in [0.2, 0.25) is 0 Å². The number of aryl methyl sites for hydroxylation is 5. The van der Waals surface area contributed by atoms with Gasteiger partial charge in [-0.05, 0) is 80.2 Å². The van der Waals surface area contributed by atoms with E-state index in [1.54, 1.807) is 26.0 Å². The Morgan fingerprint density at radius 2 is 1.31 bits per heavy atom. The molecule has 7 heteroatoms. The largest absolute Gasteiger partial charge is 0.429 e. The van der Waals surface area contributed by atoms with Crippen molar-refractivity contribution < 1.29 is 22.3 Å². The highest BCUT2D eigenvalue weighted by Crippen LogP contribution is 2.40. The first kappa shape index (κ1) is 23.6. The molecule has 3 aromatic carbocycles. The normalized spacial score (nSPS) is 11.3. The zero-order valence-electron chi connectivity index (χ0n) is 18.2. The molecule has 3 rings (SSSR count). The van der Waals surface area contributed by atoms with Gasteiger partial charge in [0.1, 0.15) is 11.4 Å². The number of isothiocyanates is 1. The van der Waals surface area contributed by atoms with Gasteiger partial charge in [-0.1, -0.05) is 29.8 Å². The summed E-state index contributed by atoms with van der Waals surface area (Å²) in [6.45, 7) is 9.07. The zero-order chi connectivity index (χ0) is 23.8. The number of ether oxygens (including phenoxy) is 1. The van der Waals surface area contributed by atoms with Crippen LogP contribution in [0.4, 0.5) is 23.2 Å². The fourth-order valence-electron chi connectivity index (χ4n) is 4.15. The van der Waals surface area contributed by atoms with Crippen molar-refractivity contribution >= 4 is 23.1 Å². The zero-order valence-corrected chi connectivity index (χ0v) is 19.1. The number of hydrogen-bond donors (Lipinski definition) is 0. The van der Waals surface area contributed by atoms with E-state index in [9.17, 15) is 8.78 Å². The van der Waals surface area contributed by atoms with Gasteiger partial charge in [0.15, 0.2) is 11.6 Å². The van der Waals surface area contributed by atoms with Crippen LogP contribution in [0.2, 0.25) is 0 Å². The van der Waals surface area contributed by atoms with Gasteiger partial charge in [-0.15, -0.1) is 0 Å². The molecule has 0 saturated heterocycles. The molecule has 32 heavy (non-hydrogen) atoms. The van der Waals surface area contributed by atoms with E-state index in [0.29, 0.717) is 23.3 Å². The van der Waals surface area contributed by atoms with Crippen molar-refractivity contribution in [1.82, 2.24) is 0 Å². The fourth-order valence-corrected chi connectivity index (χ4v) is 4.25. The highest BCUT2D eigenvalue weighted by atomic mass is 32.1. The molecule has 0 bridgehead atoms. The van der Waals surface area contributed by atoms with E-state index in [0.717, 1.165) is 27.8 Å². The second kappa shape index (κ2) is 8.85. The molecule has 3 aromatic rings. The van der Waals surface area contributed by atoms with Gasteiger partial charge in [-0.2, -0.15) is 13.8 Å². The van der Waals surface area contributed by atoms with E-state index < -0.39 is 29.2 Å². The number of aliphatic imine (C=N–C) groups is 1. The van der Waals surface area contributed by atoms with Crippen LogP contribution in [0.15, 0.2) is 41.4 Å². The highest BCUT2D eigenvalue weighted by Gasteiger charge is 2.38. The number of benzene rings is 3. The van der Waals surface area contributed by atoms with Crippen LogP contribution in [0.5, 0.6) is 5.75 Å². The lowest BCUT2D eigenvalue weighted by Gasteiger charge is -2.23. The second-order valence-corrected chi connectivity index (χ2v) is 8.00. The molecule has 0 radical (unpaired) electrons. The second-order valence-electron chi connectivity index (χ2n) is 7.82. The van der Waals surface area contributed by atoms with Crippen LogP contribution in [0, 0.1) is 46.3 Å². The molecule has 0 fully saturated rings. The van der Waals surface area contributed by atoms with Crippen LogP contribution >= 0.6 is 12.2 Å². The number of rotatable bonds is 5. The first-order valence-corrected chi connectivity index (χ1v) is 10.2. The van der Waals surface area contributed by atoms with E-state index >= 15 is 8.78 Å². The van der Waals surface area contributed by atoms with E-state index in [2.05, 4.69) is 17.2 Å². The lowest BCUT2D eigenvalue weighted by molar-refractivity contribution is -0.186. The third-order valence-electron chi connectivity index (χ3n) is 5.18. The summed E-state index contributed by atoms with van der Waals surface area (Å²) in [5.74, 6) is -3.02. The summed E-state index contributed by atoms with van der Waals surface area (Å²) in [6, 6.07) is 8.70. The Morgan fingerprint density at radius 1 is 0.812 bits per heavy atom. The molecule has 0 N–H and O–H groups in total. The van der Waals surface area contributed by atoms with Crippen molar-refractivity contribution in [2.24, 2.45) is 4.99 Å². The van der Waals surface area contributed by atoms with Gasteiger partial charge in [0.25, 0.3) is 0 Å². The van der Waals surface area contributed by atoms with E-state index in [4.69, 9.17) is 4.74 Å². The average Bonchev–Trinajstić information content (AvgIpc) is 2.62. The van der Waals surface area contributed by atoms with E-state index in [-0.39, 0.29) is 5.56 Å². The molecule has 0 aliphatic heterocycles. The maximum Gasteiger partial charge on any atom is 0.427 e. The first-order chi connectivity index (χ1) is 14.9. The summed E-state index contributed by atoms with van der Waals surface area (Å²) in [7, 11) is 0. The summed E-state index contributed by atoms with van der Waals surface area (Å²) >= 11 is 4.33. The number of nitrogens with zero attached hydrogens (tertiary/aromatic N) is 1. The Labute approximate surface area is 189 Å². The van der Waals surface area contributed by atoms with Gasteiger partial charge in [0.05, 0.1) is 10.7 Å².